The molecular formula is C10H18N2O. The molecule has 1 saturated carbocycles. The molecule has 0 aromatic heterocycles. The minimum atomic E-state index is 0.0706. The van der Waals surface area contributed by atoms with Crippen LogP contribution in [0.3, 0.4) is 0 Å². The Hall–Kier alpha value is -0.830. The second kappa shape index (κ2) is 5.02. The third kappa shape index (κ3) is 4.08. The average molecular weight is 182 g/mol. The highest BCUT2D eigenvalue weighted by atomic mass is 16.1. The lowest BCUT2D eigenvalue weighted by Crippen LogP contribution is -2.33. The van der Waals surface area contributed by atoms with E-state index in [1.165, 1.54) is 12.8 Å². The molecule has 1 amide bonds. The van der Waals surface area contributed by atoms with Gasteiger partial charge in [-0.3, -0.25) is 4.79 Å². The van der Waals surface area contributed by atoms with Crippen LogP contribution in [0.2, 0.25) is 0 Å². The van der Waals surface area contributed by atoms with Gasteiger partial charge in [0, 0.05) is 19.0 Å². The van der Waals surface area contributed by atoms with Gasteiger partial charge >= 0.3 is 0 Å². The molecule has 13 heavy (non-hydrogen) atoms. The minimum absolute atomic E-state index is 0.0706. The Morgan fingerprint density at radius 2 is 2.38 bits per heavy atom. The first-order valence-corrected chi connectivity index (χ1v) is 4.87. The summed E-state index contributed by atoms with van der Waals surface area (Å²) < 4.78 is 0. The van der Waals surface area contributed by atoms with Crippen LogP contribution in [-0.4, -0.2) is 18.5 Å². The van der Waals surface area contributed by atoms with Gasteiger partial charge in [0.05, 0.1) is 0 Å². The Kier molecular flexibility index (Phi) is 3.96. The van der Waals surface area contributed by atoms with Crippen LogP contribution in [0.15, 0.2) is 12.7 Å². The predicted molar refractivity (Wildman–Crippen MR) is 53.1 cm³/mol. The topological polar surface area (TPSA) is 55.1 Å². The van der Waals surface area contributed by atoms with E-state index in [-0.39, 0.29) is 11.9 Å². The standard InChI is InChI=1S/C10H18N2O/c1-2-3-6-12-10(13)7-9(11)8-4-5-8/h2,8-9H,1,3-7,11H2,(H,12,13). The summed E-state index contributed by atoms with van der Waals surface area (Å²) in [5, 5.41) is 2.81. The Balaban J connectivity index is 2.05. The van der Waals surface area contributed by atoms with Crippen LogP contribution in [-0.2, 0) is 4.79 Å². The van der Waals surface area contributed by atoms with Crippen molar-refractivity contribution in [1.29, 1.82) is 0 Å². The summed E-state index contributed by atoms with van der Waals surface area (Å²) in [6, 6.07) is 0.0729. The van der Waals surface area contributed by atoms with E-state index in [9.17, 15) is 4.79 Å². The van der Waals surface area contributed by atoms with Crippen molar-refractivity contribution < 1.29 is 4.79 Å². The number of hydrogen-bond acceptors (Lipinski definition) is 2. The quantitative estimate of drug-likeness (QED) is 0.471. The van der Waals surface area contributed by atoms with Crippen LogP contribution in [0.4, 0.5) is 0 Å². The molecule has 1 atom stereocenters. The van der Waals surface area contributed by atoms with Crippen molar-refractivity contribution in [1.82, 2.24) is 5.32 Å². The second-order valence-electron chi connectivity index (χ2n) is 3.63. The van der Waals surface area contributed by atoms with E-state index >= 15 is 0 Å². The molecule has 0 aromatic rings. The molecule has 0 spiro atoms. The monoisotopic (exact) mass is 182 g/mol. The molecule has 1 aliphatic rings. The number of rotatable bonds is 6. The summed E-state index contributed by atoms with van der Waals surface area (Å²) in [5.74, 6) is 0.673. The third-order valence-corrected chi connectivity index (χ3v) is 2.32. The molecular weight excluding hydrogens is 164 g/mol. The van der Waals surface area contributed by atoms with Crippen LogP contribution < -0.4 is 11.1 Å². The lowest BCUT2D eigenvalue weighted by Gasteiger charge is -2.09. The zero-order valence-corrected chi connectivity index (χ0v) is 7.96. The van der Waals surface area contributed by atoms with E-state index in [0.717, 1.165) is 6.42 Å². The highest BCUT2D eigenvalue weighted by molar-refractivity contribution is 5.76. The molecule has 3 nitrogen and oxygen atoms in total. The van der Waals surface area contributed by atoms with Gasteiger partial charge in [0.2, 0.25) is 5.91 Å². The van der Waals surface area contributed by atoms with Gasteiger partial charge in [0.25, 0.3) is 0 Å². The first-order valence-electron chi connectivity index (χ1n) is 4.87. The van der Waals surface area contributed by atoms with Gasteiger partial charge in [-0.1, -0.05) is 6.08 Å². The Morgan fingerprint density at radius 1 is 1.69 bits per heavy atom. The fraction of sp³-hybridized carbons (Fsp3) is 0.700. The summed E-state index contributed by atoms with van der Waals surface area (Å²) in [7, 11) is 0. The van der Waals surface area contributed by atoms with Gasteiger partial charge in [0.15, 0.2) is 0 Å². The smallest absolute Gasteiger partial charge is 0.221 e. The predicted octanol–water partition coefficient (Wildman–Crippen LogP) is 0.806. The summed E-state index contributed by atoms with van der Waals surface area (Å²) in [6.07, 6.45) is 5.48. The van der Waals surface area contributed by atoms with Crippen molar-refractivity contribution in [2.75, 3.05) is 6.54 Å². The maximum absolute atomic E-state index is 11.2. The van der Waals surface area contributed by atoms with E-state index in [1.807, 2.05) is 0 Å². The van der Waals surface area contributed by atoms with Gasteiger partial charge in [-0.25, -0.2) is 0 Å². The number of carbonyl (C=O) groups is 1. The Morgan fingerprint density at radius 3 is 2.92 bits per heavy atom. The van der Waals surface area contributed by atoms with Crippen molar-refractivity contribution in [3.8, 4) is 0 Å². The summed E-state index contributed by atoms with van der Waals surface area (Å²) in [5.41, 5.74) is 5.80. The summed E-state index contributed by atoms with van der Waals surface area (Å²) in [6.45, 7) is 4.26. The van der Waals surface area contributed by atoms with Gasteiger partial charge in [-0.05, 0) is 25.2 Å². The van der Waals surface area contributed by atoms with Crippen molar-refractivity contribution >= 4 is 5.91 Å². The molecule has 74 valence electrons. The number of nitrogens with one attached hydrogen (secondary N) is 1. The van der Waals surface area contributed by atoms with Crippen molar-refractivity contribution in [2.24, 2.45) is 11.7 Å². The van der Waals surface area contributed by atoms with E-state index in [2.05, 4.69) is 11.9 Å². The summed E-state index contributed by atoms with van der Waals surface area (Å²) >= 11 is 0. The van der Waals surface area contributed by atoms with Crippen molar-refractivity contribution in [3.05, 3.63) is 12.7 Å². The average Bonchev–Trinajstić information content (AvgIpc) is 2.86. The molecule has 0 heterocycles. The Labute approximate surface area is 79.4 Å². The van der Waals surface area contributed by atoms with E-state index in [0.29, 0.717) is 18.9 Å². The minimum Gasteiger partial charge on any atom is -0.356 e. The number of hydrogen-bond donors (Lipinski definition) is 2. The first-order chi connectivity index (χ1) is 6.24. The van der Waals surface area contributed by atoms with Crippen LogP contribution >= 0.6 is 0 Å². The number of amides is 1. The second-order valence-corrected chi connectivity index (χ2v) is 3.63. The zero-order chi connectivity index (χ0) is 9.68. The molecule has 0 bridgehead atoms. The maximum Gasteiger partial charge on any atom is 0.221 e. The van der Waals surface area contributed by atoms with Gasteiger partial charge in [-0.2, -0.15) is 0 Å². The van der Waals surface area contributed by atoms with E-state index in [4.69, 9.17) is 5.73 Å². The van der Waals surface area contributed by atoms with Gasteiger partial charge < -0.3 is 11.1 Å². The molecule has 0 aromatic carbocycles. The Bertz CT molecular complexity index is 187. The van der Waals surface area contributed by atoms with Gasteiger partial charge in [0.1, 0.15) is 0 Å². The molecule has 3 N–H and O–H groups in total. The van der Waals surface area contributed by atoms with Crippen molar-refractivity contribution in [2.45, 2.75) is 31.7 Å². The molecule has 1 fully saturated rings. The molecule has 1 rings (SSSR count). The van der Waals surface area contributed by atoms with Crippen LogP contribution in [0.1, 0.15) is 25.7 Å². The lowest BCUT2D eigenvalue weighted by atomic mass is 10.1. The summed E-state index contributed by atoms with van der Waals surface area (Å²) in [4.78, 5) is 11.2. The van der Waals surface area contributed by atoms with Crippen LogP contribution in [0.5, 0.6) is 0 Å². The normalized spacial score (nSPS) is 17.9. The molecule has 0 aliphatic heterocycles. The maximum atomic E-state index is 11.2. The van der Waals surface area contributed by atoms with Crippen LogP contribution in [0, 0.1) is 5.92 Å². The van der Waals surface area contributed by atoms with Crippen LogP contribution in [0.25, 0.3) is 0 Å². The third-order valence-electron chi connectivity index (χ3n) is 2.32. The van der Waals surface area contributed by atoms with E-state index < -0.39 is 0 Å². The fourth-order valence-electron chi connectivity index (χ4n) is 1.29. The number of carbonyl (C=O) groups excluding carboxylic acids is 1. The highest BCUT2D eigenvalue weighted by Gasteiger charge is 2.29. The van der Waals surface area contributed by atoms with Gasteiger partial charge in [-0.15, -0.1) is 6.58 Å². The largest absolute Gasteiger partial charge is 0.356 e. The molecule has 1 aliphatic carbocycles. The lowest BCUT2D eigenvalue weighted by molar-refractivity contribution is -0.121. The van der Waals surface area contributed by atoms with Crippen molar-refractivity contribution in [3.63, 3.8) is 0 Å². The fourth-order valence-corrected chi connectivity index (χ4v) is 1.29. The molecule has 3 heteroatoms. The highest BCUT2D eigenvalue weighted by Crippen LogP contribution is 2.32. The molecule has 1 unspecified atom stereocenters. The first kappa shape index (κ1) is 10.3. The SMILES string of the molecule is C=CCCNC(=O)CC(N)C1CC1. The molecule has 0 radical (unpaired) electrons. The molecule has 0 saturated heterocycles. The number of nitrogens with two attached hydrogens (primary N) is 1. The zero-order valence-electron chi connectivity index (χ0n) is 7.96. The van der Waals surface area contributed by atoms with E-state index in [1.54, 1.807) is 6.08 Å².